The number of aromatic amines is 1. The van der Waals surface area contributed by atoms with Crippen molar-refractivity contribution >= 4 is 5.78 Å². The van der Waals surface area contributed by atoms with E-state index in [2.05, 4.69) is 35.3 Å². The first-order valence-corrected chi connectivity index (χ1v) is 7.18. The molecule has 0 fully saturated rings. The minimum atomic E-state index is 0.183. The van der Waals surface area contributed by atoms with Crippen LogP contribution in [-0.2, 0) is 12.8 Å². The van der Waals surface area contributed by atoms with Crippen LogP contribution < -0.4 is 0 Å². The van der Waals surface area contributed by atoms with Crippen molar-refractivity contribution in [3.63, 3.8) is 0 Å². The number of aromatic nitrogens is 1. The Hall–Kier alpha value is -2.61. The second-order valence-electron chi connectivity index (χ2n) is 5.46. The third kappa shape index (κ3) is 2.00. The zero-order valence-corrected chi connectivity index (χ0v) is 11.6. The highest BCUT2D eigenvalue weighted by Crippen LogP contribution is 2.38. The number of H-pyrrole nitrogens is 1. The van der Waals surface area contributed by atoms with Gasteiger partial charge in [-0.2, -0.15) is 0 Å². The van der Waals surface area contributed by atoms with Crippen molar-refractivity contribution in [3.05, 3.63) is 83.2 Å². The number of nitrogens with one attached hydrogen (secondary N) is 1. The number of hydrogen-bond acceptors (Lipinski definition) is 1. The van der Waals surface area contributed by atoms with Crippen molar-refractivity contribution in [3.8, 4) is 11.1 Å². The molecule has 2 aromatic carbocycles. The summed E-state index contributed by atoms with van der Waals surface area (Å²) in [5.41, 5.74) is 6.79. The Balaban J connectivity index is 1.74. The van der Waals surface area contributed by atoms with Crippen LogP contribution in [0.3, 0.4) is 0 Å². The predicted octanol–water partition coefficient (Wildman–Crippen LogP) is 4.01. The highest BCUT2D eigenvalue weighted by molar-refractivity contribution is 6.01. The summed E-state index contributed by atoms with van der Waals surface area (Å²) in [4.78, 5) is 15.7. The van der Waals surface area contributed by atoms with Crippen LogP contribution in [0.4, 0.5) is 0 Å². The van der Waals surface area contributed by atoms with Gasteiger partial charge in [-0.15, -0.1) is 0 Å². The van der Waals surface area contributed by atoms with Gasteiger partial charge in [0.05, 0.1) is 6.42 Å². The van der Waals surface area contributed by atoms with E-state index in [9.17, 15) is 4.79 Å². The standard InChI is InChI=1S/C19H15NO/c21-19(12-14-6-4-10-20-14)17-9-3-8-16-15-7-2-1-5-13(15)11-18(16)17/h1-10,20H,11-12H2. The van der Waals surface area contributed by atoms with E-state index in [1.54, 1.807) is 0 Å². The molecule has 0 saturated carbocycles. The maximum Gasteiger partial charge on any atom is 0.169 e. The van der Waals surface area contributed by atoms with E-state index in [-0.39, 0.29) is 5.78 Å². The second kappa shape index (κ2) is 4.74. The Labute approximate surface area is 123 Å². The lowest BCUT2D eigenvalue weighted by Crippen LogP contribution is -2.07. The topological polar surface area (TPSA) is 32.9 Å². The van der Waals surface area contributed by atoms with Crippen LogP contribution in [-0.4, -0.2) is 10.8 Å². The molecule has 1 aromatic heterocycles. The molecule has 0 saturated heterocycles. The van der Waals surface area contributed by atoms with Crippen molar-refractivity contribution < 1.29 is 4.79 Å². The molecule has 4 rings (SSSR count). The van der Waals surface area contributed by atoms with Gasteiger partial charge in [0.2, 0.25) is 0 Å². The molecule has 0 unspecified atom stereocenters. The highest BCUT2D eigenvalue weighted by atomic mass is 16.1. The van der Waals surface area contributed by atoms with Crippen LogP contribution >= 0.6 is 0 Å². The fourth-order valence-corrected chi connectivity index (χ4v) is 3.16. The Morgan fingerprint density at radius 2 is 1.81 bits per heavy atom. The second-order valence-corrected chi connectivity index (χ2v) is 5.46. The lowest BCUT2D eigenvalue weighted by Gasteiger charge is -2.07. The Morgan fingerprint density at radius 3 is 2.67 bits per heavy atom. The molecule has 0 bridgehead atoms. The third-order valence-electron chi connectivity index (χ3n) is 4.16. The average Bonchev–Trinajstić information content (AvgIpc) is 3.13. The number of rotatable bonds is 3. The van der Waals surface area contributed by atoms with Crippen molar-refractivity contribution in [2.45, 2.75) is 12.8 Å². The number of carbonyl (C=O) groups excluding carboxylic acids is 1. The highest BCUT2D eigenvalue weighted by Gasteiger charge is 2.23. The molecular weight excluding hydrogens is 258 g/mol. The lowest BCUT2D eigenvalue weighted by atomic mass is 9.96. The van der Waals surface area contributed by atoms with Gasteiger partial charge >= 0.3 is 0 Å². The van der Waals surface area contributed by atoms with Gasteiger partial charge in [-0.25, -0.2) is 0 Å². The Bertz CT molecular complexity index is 815. The van der Waals surface area contributed by atoms with Crippen LogP contribution in [0.2, 0.25) is 0 Å². The van der Waals surface area contributed by atoms with Crippen molar-refractivity contribution in [1.82, 2.24) is 4.98 Å². The number of carbonyl (C=O) groups is 1. The summed E-state index contributed by atoms with van der Waals surface area (Å²) in [7, 11) is 0. The molecule has 1 heterocycles. The minimum absolute atomic E-state index is 0.183. The normalized spacial score (nSPS) is 12.0. The molecule has 1 aliphatic rings. The fourth-order valence-electron chi connectivity index (χ4n) is 3.16. The molecular formula is C19H15NO. The summed E-state index contributed by atoms with van der Waals surface area (Å²) in [6, 6.07) is 18.3. The molecule has 21 heavy (non-hydrogen) atoms. The van der Waals surface area contributed by atoms with Crippen LogP contribution in [0.1, 0.15) is 27.2 Å². The molecule has 1 N–H and O–H groups in total. The molecule has 0 radical (unpaired) electrons. The number of benzene rings is 2. The number of hydrogen-bond donors (Lipinski definition) is 1. The predicted molar refractivity (Wildman–Crippen MR) is 83.5 cm³/mol. The van der Waals surface area contributed by atoms with Gasteiger partial charge < -0.3 is 4.98 Å². The number of fused-ring (bicyclic) bond motifs is 3. The van der Waals surface area contributed by atoms with E-state index in [1.807, 2.05) is 30.5 Å². The molecule has 3 aromatic rings. The van der Waals surface area contributed by atoms with E-state index in [0.29, 0.717) is 6.42 Å². The first kappa shape index (κ1) is 12.2. The van der Waals surface area contributed by atoms with Crippen molar-refractivity contribution in [2.24, 2.45) is 0 Å². The Kier molecular flexibility index (Phi) is 2.74. The fraction of sp³-hybridized carbons (Fsp3) is 0.105. The van der Waals surface area contributed by atoms with E-state index in [1.165, 1.54) is 22.3 Å². The number of Topliss-reactive ketones (excluding diaryl/α,β-unsaturated/α-hetero) is 1. The smallest absolute Gasteiger partial charge is 0.169 e. The van der Waals surface area contributed by atoms with Crippen LogP contribution in [0.5, 0.6) is 0 Å². The van der Waals surface area contributed by atoms with Gasteiger partial charge in [0.15, 0.2) is 5.78 Å². The van der Waals surface area contributed by atoms with Gasteiger partial charge in [0, 0.05) is 17.5 Å². The van der Waals surface area contributed by atoms with Crippen molar-refractivity contribution in [1.29, 1.82) is 0 Å². The minimum Gasteiger partial charge on any atom is -0.365 e. The van der Waals surface area contributed by atoms with E-state index >= 15 is 0 Å². The van der Waals surface area contributed by atoms with Crippen LogP contribution in [0.15, 0.2) is 60.8 Å². The van der Waals surface area contributed by atoms with Gasteiger partial charge in [0.1, 0.15) is 0 Å². The quantitative estimate of drug-likeness (QED) is 0.562. The summed E-state index contributed by atoms with van der Waals surface area (Å²) in [5, 5.41) is 0. The third-order valence-corrected chi connectivity index (χ3v) is 4.16. The van der Waals surface area contributed by atoms with Crippen molar-refractivity contribution in [2.75, 3.05) is 0 Å². The van der Waals surface area contributed by atoms with Gasteiger partial charge in [-0.3, -0.25) is 4.79 Å². The largest absolute Gasteiger partial charge is 0.365 e. The van der Waals surface area contributed by atoms with Crippen LogP contribution in [0.25, 0.3) is 11.1 Å². The summed E-state index contributed by atoms with van der Waals surface area (Å²) >= 11 is 0. The zero-order chi connectivity index (χ0) is 14.2. The first-order chi connectivity index (χ1) is 10.3. The van der Waals surface area contributed by atoms with Gasteiger partial charge in [0.25, 0.3) is 0 Å². The molecule has 1 aliphatic carbocycles. The summed E-state index contributed by atoms with van der Waals surface area (Å²) in [6.45, 7) is 0. The van der Waals surface area contributed by atoms with Gasteiger partial charge in [-0.05, 0) is 40.8 Å². The molecule has 0 amide bonds. The SMILES string of the molecule is O=C(Cc1ccc[nH]1)c1cccc2c1Cc1ccccc1-2. The molecule has 0 aliphatic heterocycles. The molecule has 2 heteroatoms. The van der Waals surface area contributed by atoms with E-state index < -0.39 is 0 Å². The zero-order valence-electron chi connectivity index (χ0n) is 11.6. The van der Waals surface area contributed by atoms with Gasteiger partial charge in [-0.1, -0.05) is 42.5 Å². The molecule has 0 spiro atoms. The molecule has 0 atom stereocenters. The van der Waals surface area contributed by atoms with Crippen LogP contribution in [0, 0.1) is 0 Å². The summed E-state index contributed by atoms with van der Waals surface area (Å²) in [5.74, 6) is 0.183. The summed E-state index contributed by atoms with van der Waals surface area (Å²) in [6.07, 6.45) is 3.14. The average molecular weight is 273 g/mol. The first-order valence-electron chi connectivity index (χ1n) is 7.18. The van der Waals surface area contributed by atoms with E-state index in [4.69, 9.17) is 0 Å². The number of ketones is 1. The Morgan fingerprint density at radius 1 is 0.952 bits per heavy atom. The maximum absolute atomic E-state index is 12.6. The monoisotopic (exact) mass is 273 g/mol. The van der Waals surface area contributed by atoms with E-state index in [0.717, 1.165) is 17.7 Å². The summed E-state index contributed by atoms with van der Waals surface area (Å²) < 4.78 is 0. The lowest BCUT2D eigenvalue weighted by molar-refractivity contribution is 0.0991. The molecule has 2 nitrogen and oxygen atoms in total. The maximum atomic E-state index is 12.6. The molecule has 102 valence electrons.